The van der Waals surface area contributed by atoms with Crippen molar-refractivity contribution < 1.29 is 14.2 Å². The SMILES string of the molecule is Cn1cnc2ccc(C(C=[NH2+])=C(N)c3ccc(F)cc3F)cc21. The molecule has 0 aliphatic carbocycles. The van der Waals surface area contributed by atoms with Crippen molar-refractivity contribution in [3.63, 3.8) is 0 Å². The van der Waals surface area contributed by atoms with Crippen LogP contribution in [0.25, 0.3) is 22.3 Å². The summed E-state index contributed by atoms with van der Waals surface area (Å²) >= 11 is 0. The van der Waals surface area contributed by atoms with Gasteiger partial charge in [-0.1, -0.05) is 6.07 Å². The van der Waals surface area contributed by atoms with Gasteiger partial charge in [-0.05, 0) is 29.8 Å². The maximum absolute atomic E-state index is 14.0. The van der Waals surface area contributed by atoms with Gasteiger partial charge in [0.1, 0.15) is 11.6 Å². The molecule has 0 aliphatic rings. The van der Waals surface area contributed by atoms with E-state index in [0.29, 0.717) is 5.57 Å². The van der Waals surface area contributed by atoms with Crippen LogP contribution < -0.4 is 11.1 Å². The third-order valence-corrected chi connectivity index (χ3v) is 3.71. The highest BCUT2D eigenvalue weighted by Gasteiger charge is 2.14. The van der Waals surface area contributed by atoms with Crippen molar-refractivity contribution in [1.82, 2.24) is 9.55 Å². The van der Waals surface area contributed by atoms with E-state index in [4.69, 9.17) is 11.1 Å². The summed E-state index contributed by atoms with van der Waals surface area (Å²) in [6, 6.07) is 8.76. The topological polar surface area (TPSA) is 69.4 Å². The molecule has 4 N–H and O–H groups in total. The number of fused-ring (bicyclic) bond motifs is 1. The van der Waals surface area contributed by atoms with Crippen LogP contribution in [0.2, 0.25) is 0 Å². The second kappa shape index (κ2) is 5.64. The Morgan fingerprint density at radius 2 is 2.00 bits per heavy atom. The first-order valence-electron chi connectivity index (χ1n) is 6.93. The fourth-order valence-corrected chi connectivity index (χ4v) is 2.49. The molecule has 0 amide bonds. The highest BCUT2D eigenvalue weighted by molar-refractivity contribution is 6.17. The number of halogens is 2. The third kappa shape index (κ3) is 2.59. The summed E-state index contributed by atoms with van der Waals surface area (Å²) in [5, 5.41) is 5.70. The van der Waals surface area contributed by atoms with Gasteiger partial charge in [-0.15, -0.1) is 0 Å². The zero-order valence-electron chi connectivity index (χ0n) is 12.4. The second-order valence-corrected chi connectivity index (χ2v) is 5.18. The Morgan fingerprint density at radius 1 is 1.22 bits per heavy atom. The largest absolute Gasteiger partial charge is 0.397 e. The molecule has 3 aromatic rings. The minimum Gasteiger partial charge on any atom is -0.397 e. The van der Waals surface area contributed by atoms with Crippen LogP contribution in [0.4, 0.5) is 8.78 Å². The van der Waals surface area contributed by atoms with Gasteiger partial charge in [-0.3, -0.25) is 5.41 Å². The van der Waals surface area contributed by atoms with E-state index >= 15 is 0 Å². The van der Waals surface area contributed by atoms with E-state index in [-0.39, 0.29) is 11.3 Å². The molecule has 1 aromatic heterocycles. The Balaban J connectivity index is 2.19. The molecule has 2 aromatic carbocycles. The van der Waals surface area contributed by atoms with Crippen molar-refractivity contribution in [2.24, 2.45) is 12.8 Å². The molecule has 0 radical (unpaired) electrons. The first-order chi connectivity index (χ1) is 11.0. The van der Waals surface area contributed by atoms with Crippen LogP contribution in [-0.4, -0.2) is 15.8 Å². The normalized spacial score (nSPS) is 12.3. The summed E-state index contributed by atoms with van der Waals surface area (Å²) in [7, 11) is 1.87. The summed E-state index contributed by atoms with van der Waals surface area (Å²) in [5.41, 5.74) is 9.25. The smallest absolute Gasteiger partial charge is 0.170 e. The van der Waals surface area contributed by atoms with E-state index in [1.54, 1.807) is 6.33 Å². The number of aryl methyl sites for hydroxylation is 1. The van der Waals surface area contributed by atoms with Crippen molar-refractivity contribution in [1.29, 1.82) is 0 Å². The molecule has 1 heterocycles. The number of imidazole rings is 1. The number of hydrogen-bond donors (Lipinski definition) is 2. The molecule has 4 nitrogen and oxygen atoms in total. The molecular formula is C17H15F2N4+. The molecule has 23 heavy (non-hydrogen) atoms. The van der Waals surface area contributed by atoms with Crippen molar-refractivity contribution >= 4 is 28.5 Å². The summed E-state index contributed by atoms with van der Waals surface area (Å²) in [4.78, 5) is 4.24. The highest BCUT2D eigenvalue weighted by Crippen LogP contribution is 2.25. The van der Waals surface area contributed by atoms with Gasteiger partial charge in [-0.2, -0.15) is 0 Å². The van der Waals surface area contributed by atoms with Gasteiger partial charge in [0.2, 0.25) is 0 Å². The van der Waals surface area contributed by atoms with Crippen LogP contribution in [0, 0.1) is 11.6 Å². The first-order valence-corrected chi connectivity index (χ1v) is 6.93. The van der Waals surface area contributed by atoms with Crippen LogP contribution in [0.1, 0.15) is 11.1 Å². The Morgan fingerprint density at radius 3 is 2.70 bits per heavy atom. The summed E-state index contributed by atoms with van der Waals surface area (Å²) in [6.07, 6.45) is 3.02. The molecule has 6 heteroatoms. The maximum atomic E-state index is 14.0. The number of rotatable bonds is 3. The fourth-order valence-electron chi connectivity index (χ4n) is 2.49. The van der Waals surface area contributed by atoms with E-state index in [0.717, 1.165) is 28.7 Å². The second-order valence-electron chi connectivity index (χ2n) is 5.18. The Labute approximate surface area is 131 Å². The van der Waals surface area contributed by atoms with Crippen molar-refractivity contribution in [2.45, 2.75) is 0 Å². The standard InChI is InChI=1S/C17H14F2N4/c1-23-9-22-15-5-2-10(6-16(15)23)13(8-20)17(21)12-4-3-11(18)7-14(12)19/h2-9,20H,21H2,1H3/p+1. The number of nitrogens with zero attached hydrogens (tertiary/aromatic N) is 2. The number of nitrogens with two attached hydrogens (primary N) is 2. The lowest BCUT2D eigenvalue weighted by molar-refractivity contribution is -0.103. The molecule has 0 bridgehead atoms. The zero-order valence-corrected chi connectivity index (χ0v) is 12.4. The Kier molecular flexibility index (Phi) is 3.65. The number of hydrogen-bond acceptors (Lipinski definition) is 2. The van der Waals surface area contributed by atoms with Gasteiger partial charge < -0.3 is 10.3 Å². The third-order valence-electron chi connectivity index (χ3n) is 3.71. The molecule has 0 atom stereocenters. The van der Waals surface area contributed by atoms with Gasteiger partial charge in [0.05, 0.1) is 28.6 Å². The lowest BCUT2D eigenvalue weighted by Crippen LogP contribution is -2.31. The molecular weight excluding hydrogens is 298 g/mol. The Hall–Kier alpha value is -3.02. The minimum absolute atomic E-state index is 0.105. The Bertz CT molecular complexity index is 941. The maximum Gasteiger partial charge on any atom is 0.170 e. The van der Waals surface area contributed by atoms with Crippen LogP contribution in [0.3, 0.4) is 0 Å². The molecule has 0 saturated carbocycles. The monoisotopic (exact) mass is 313 g/mol. The van der Waals surface area contributed by atoms with E-state index < -0.39 is 11.6 Å². The number of allylic oxidation sites excluding steroid dienone is 1. The summed E-state index contributed by atoms with van der Waals surface area (Å²) in [5.74, 6) is -1.39. The zero-order chi connectivity index (χ0) is 16.6. The first kappa shape index (κ1) is 14.9. The summed E-state index contributed by atoms with van der Waals surface area (Å²) < 4.78 is 28.9. The molecule has 0 aliphatic heterocycles. The van der Waals surface area contributed by atoms with Crippen LogP contribution in [0.5, 0.6) is 0 Å². The minimum atomic E-state index is -0.733. The number of benzene rings is 2. The highest BCUT2D eigenvalue weighted by atomic mass is 19.1. The van der Waals surface area contributed by atoms with Crippen molar-refractivity contribution in [3.05, 3.63) is 65.5 Å². The fraction of sp³-hybridized carbons (Fsp3) is 0.0588. The van der Waals surface area contributed by atoms with Gasteiger partial charge in [0, 0.05) is 18.7 Å². The van der Waals surface area contributed by atoms with Crippen molar-refractivity contribution in [2.75, 3.05) is 0 Å². The van der Waals surface area contributed by atoms with E-state index in [1.165, 1.54) is 12.3 Å². The van der Waals surface area contributed by atoms with E-state index in [1.807, 2.05) is 29.8 Å². The average Bonchev–Trinajstić information content (AvgIpc) is 2.89. The van der Waals surface area contributed by atoms with E-state index in [2.05, 4.69) is 4.98 Å². The summed E-state index contributed by atoms with van der Waals surface area (Å²) in [6.45, 7) is 0. The van der Waals surface area contributed by atoms with Crippen molar-refractivity contribution in [3.8, 4) is 0 Å². The van der Waals surface area contributed by atoms with Gasteiger partial charge in [0.25, 0.3) is 0 Å². The van der Waals surface area contributed by atoms with E-state index in [9.17, 15) is 8.78 Å². The molecule has 116 valence electrons. The lowest BCUT2D eigenvalue weighted by atomic mass is 10.00. The van der Waals surface area contributed by atoms with Crippen LogP contribution in [-0.2, 0) is 7.05 Å². The number of aromatic nitrogens is 2. The molecule has 0 fully saturated rings. The average molecular weight is 313 g/mol. The van der Waals surface area contributed by atoms with Gasteiger partial charge in [-0.25, -0.2) is 13.8 Å². The van der Waals surface area contributed by atoms with Crippen LogP contribution in [0.15, 0.2) is 42.7 Å². The van der Waals surface area contributed by atoms with Gasteiger partial charge in [0.15, 0.2) is 6.21 Å². The molecule has 3 rings (SSSR count). The molecule has 0 unspecified atom stereocenters. The molecule has 0 saturated heterocycles. The lowest BCUT2D eigenvalue weighted by Gasteiger charge is -2.08. The van der Waals surface area contributed by atoms with Gasteiger partial charge >= 0.3 is 0 Å². The molecule has 0 spiro atoms. The van der Waals surface area contributed by atoms with Crippen LogP contribution >= 0.6 is 0 Å². The predicted molar refractivity (Wildman–Crippen MR) is 86.1 cm³/mol. The quantitative estimate of drug-likeness (QED) is 0.568. The predicted octanol–water partition coefficient (Wildman–Crippen LogP) is 1.51.